The lowest BCUT2D eigenvalue weighted by Gasteiger charge is -2.35. The molecule has 1 saturated carbocycles. The standard InChI is InChI=1S/C37H46F2N4O4/c1-5-23-20-26(13-14-27(23)24-15-18-43(19-16-24)34(44)25-11-12-25)47-22-30-28(8-7-17-36(30,2)3)31-9-6-10-32(41-31)42-33(37(4,38)39)29(21-40)35(45)46/h6,9-10,13-14,20-21,24-25H,5,7-8,11-12,15-19,22,40H2,1-4H3,(H,45,46). The number of likely N-dealkylation sites (tertiary alicyclic amines) is 1. The number of hydrogen-bond donors (Lipinski definition) is 2. The van der Waals surface area contributed by atoms with Crippen LogP contribution in [0.1, 0.15) is 95.4 Å². The van der Waals surface area contributed by atoms with Crippen LogP contribution in [-0.2, 0) is 16.0 Å². The fourth-order valence-corrected chi connectivity index (χ4v) is 6.93. The summed E-state index contributed by atoms with van der Waals surface area (Å²) < 4.78 is 35.4. The van der Waals surface area contributed by atoms with E-state index in [0.717, 1.165) is 81.4 Å². The molecule has 1 aromatic carbocycles. The van der Waals surface area contributed by atoms with Crippen molar-refractivity contribution >= 4 is 29.0 Å². The molecular weight excluding hydrogens is 602 g/mol. The average Bonchev–Trinajstić information content (AvgIpc) is 3.89. The highest BCUT2D eigenvalue weighted by Crippen LogP contribution is 2.44. The summed E-state index contributed by atoms with van der Waals surface area (Å²) in [6, 6.07) is 11.3. The lowest BCUT2D eigenvalue weighted by atomic mass is 9.72. The summed E-state index contributed by atoms with van der Waals surface area (Å²) in [6.45, 7) is 9.08. The van der Waals surface area contributed by atoms with Crippen molar-refractivity contribution in [3.05, 3.63) is 70.6 Å². The minimum atomic E-state index is -3.55. The fraction of sp³-hybridized carbons (Fsp3) is 0.514. The van der Waals surface area contributed by atoms with Crippen LogP contribution in [0, 0.1) is 11.3 Å². The first kappa shape index (κ1) is 34.3. The van der Waals surface area contributed by atoms with Crippen molar-refractivity contribution in [1.29, 1.82) is 0 Å². The Hall–Kier alpha value is -4.08. The van der Waals surface area contributed by atoms with E-state index in [1.807, 2.05) is 17.0 Å². The van der Waals surface area contributed by atoms with E-state index < -0.39 is 23.2 Å². The van der Waals surface area contributed by atoms with Gasteiger partial charge in [0.25, 0.3) is 5.92 Å². The second kappa shape index (κ2) is 14.0. The highest BCUT2D eigenvalue weighted by molar-refractivity contribution is 6.22. The predicted molar refractivity (Wildman–Crippen MR) is 179 cm³/mol. The van der Waals surface area contributed by atoms with Crippen LogP contribution in [0.15, 0.2) is 58.7 Å². The van der Waals surface area contributed by atoms with Crippen LogP contribution in [0.2, 0.25) is 0 Å². The molecule has 5 rings (SSSR count). The number of piperidine rings is 1. The molecule has 47 heavy (non-hydrogen) atoms. The molecule has 8 nitrogen and oxygen atoms in total. The molecule has 0 radical (unpaired) electrons. The van der Waals surface area contributed by atoms with Gasteiger partial charge >= 0.3 is 5.97 Å². The number of benzene rings is 1. The van der Waals surface area contributed by atoms with Crippen molar-refractivity contribution in [2.75, 3.05) is 19.7 Å². The topological polar surface area (TPSA) is 118 Å². The molecule has 0 spiro atoms. The van der Waals surface area contributed by atoms with Gasteiger partial charge in [-0.2, -0.15) is 8.78 Å². The molecule has 0 atom stereocenters. The number of halogens is 2. The third kappa shape index (κ3) is 7.91. The maximum absolute atomic E-state index is 14.4. The maximum Gasteiger partial charge on any atom is 0.339 e. The van der Waals surface area contributed by atoms with E-state index in [2.05, 4.69) is 42.9 Å². The quantitative estimate of drug-likeness (QED) is 0.193. The number of nitrogens with zero attached hydrogens (tertiary/aromatic N) is 3. The zero-order valence-corrected chi connectivity index (χ0v) is 27.8. The number of alkyl halides is 2. The van der Waals surface area contributed by atoms with Gasteiger partial charge in [-0.3, -0.25) is 4.79 Å². The normalized spacial score (nSPS) is 19.6. The number of pyridine rings is 1. The molecular formula is C37H46F2N4O4. The van der Waals surface area contributed by atoms with Crippen molar-refractivity contribution in [2.24, 2.45) is 22.1 Å². The number of carboxylic acids is 1. The third-order valence-corrected chi connectivity index (χ3v) is 9.80. The predicted octanol–water partition coefficient (Wildman–Crippen LogP) is 7.46. The van der Waals surface area contributed by atoms with Gasteiger partial charge in [0.05, 0.1) is 5.69 Å². The van der Waals surface area contributed by atoms with Crippen LogP contribution in [0.25, 0.3) is 5.57 Å². The van der Waals surface area contributed by atoms with E-state index in [9.17, 15) is 23.5 Å². The minimum absolute atomic E-state index is 0.0262. The van der Waals surface area contributed by atoms with Gasteiger partial charge in [-0.15, -0.1) is 0 Å². The average molecular weight is 649 g/mol. The van der Waals surface area contributed by atoms with Gasteiger partial charge in [-0.25, -0.2) is 14.8 Å². The number of rotatable bonds is 11. The Morgan fingerprint density at radius 1 is 1.17 bits per heavy atom. The number of amides is 1. The van der Waals surface area contributed by atoms with Crippen molar-refractivity contribution in [3.8, 4) is 5.75 Å². The van der Waals surface area contributed by atoms with Crippen molar-refractivity contribution in [2.45, 2.75) is 90.9 Å². The Labute approximate surface area is 275 Å². The van der Waals surface area contributed by atoms with E-state index in [4.69, 9.17) is 10.5 Å². The molecule has 1 aliphatic heterocycles. The molecule has 2 fully saturated rings. The highest BCUT2D eigenvalue weighted by atomic mass is 19.3. The van der Waals surface area contributed by atoms with Crippen molar-refractivity contribution in [3.63, 3.8) is 0 Å². The number of carboxylic acid groups (broad SMARTS) is 1. The van der Waals surface area contributed by atoms with E-state index >= 15 is 0 Å². The lowest BCUT2D eigenvalue weighted by molar-refractivity contribution is -0.134. The van der Waals surface area contributed by atoms with Crippen molar-refractivity contribution < 1.29 is 28.2 Å². The van der Waals surface area contributed by atoms with Crippen LogP contribution in [-0.4, -0.2) is 58.2 Å². The van der Waals surface area contributed by atoms with Gasteiger partial charge in [-0.05, 0) is 109 Å². The third-order valence-electron chi connectivity index (χ3n) is 9.80. The Bertz CT molecular complexity index is 1600. The highest BCUT2D eigenvalue weighted by Gasteiger charge is 2.37. The van der Waals surface area contributed by atoms with Gasteiger partial charge in [0.2, 0.25) is 5.91 Å². The number of nitrogens with two attached hydrogens (primary N) is 1. The van der Waals surface area contributed by atoms with Gasteiger partial charge < -0.3 is 20.5 Å². The molecule has 2 aromatic rings. The maximum atomic E-state index is 14.4. The van der Waals surface area contributed by atoms with E-state index in [0.29, 0.717) is 37.2 Å². The molecule has 1 aromatic heterocycles. The number of aliphatic carboxylic acids is 1. The molecule has 1 saturated heterocycles. The van der Waals surface area contributed by atoms with Gasteiger partial charge in [0.1, 0.15) is 23.6 Å². The zero-order chi connectivity index (χ0) is 33.9. The smallest absolute Gasteiger partial charge is 0.339 e. The first-order valence-electron chi connectivity index (χ1n) is 16.7. The van der Waals surface area contributed by atoms with Crippen LogP contribution >= 0.6 is 0 Å². The largest absolute Gasteiger partial charge is 0.489 e. The minimum Gasteiger partial charge on any atom is -0.489 e. The van der Waals surface area contributed by atoms with Gasteiger partial charge in [0, 0.05) is 32.1 Å². The molecule has 3 N–H and O–H groups in total. The van der Waals surface area contributed by atoms with Crippen LogP contribution in [0.3, 0.4) is 0 Å². The Kier molecular flexibility index (Phi) is 10.2. The first-order chi connectivity index (χ1) is 22.3. The summed E-state index contributed by atoms with van der Waals surface area (Å²) in [7, 11) is 0. The zero-order valence-electron chi connectivity index (χ0n) is 27.8. The summed E-state index contributed by atoms with van der Waals surface area (Å²) in [6.07, 6.45) is 8.17. The number of carbonyl (C=O) groups is 2. The molecule has 10 heteroatoms. The number of hydrogen-bond acceptors (Lipinski definition) is 6. The SMILES string of the molecule is CCc1cc(OCC2=C(c3cccc(N=C(C(=CN)C(=O)O)C(C)(F)F)n3)CCCC2(C)C)ccc1C1CCN(C(=O)C2CC2)CC1. The molecule has 1 amide bonds. The number of aromatic nitrogens is 1. The molecule has 2 aliphatic carbocycles. The van der Waals surface area contributed by atoms with Crippen molar-refractivity contribution in [1.82, 2.24) is 9.88 Å². The van der Waals surface area contributed by atoms with Crippen LogP contribution < -0.4 is 10.5 Å². The summed E-state index contributed by atoms with van der Waals surface area (Å²) >= 11 is 0. The number of allylic oxidation sites excluding steroid dienone is 1. The number of aryl methyl sites for hydroxylation is 1. The van der Waals surface area contributed by atoms with Gasteiger partial charge in [-0.1, -0.05) is 32.9 Å². The summed E-state index contributed by atoms with van der Waals surface area (Å²) in [5, 5.41) is 9.43. The van der Waals surface area contributed by atoms with E-state index in [-0.39, 0.29) is 17.2 Å². The van der Waals surface area contributed by atoms with Crippen LogP contribution in [0.4, 0.5) is 14.6 Å². The Morgan fingerprint density at radius 2 is 1.89 bits per heavy atom. The lowest BCUT2D eigenvalue weighted by Crippen LogP contribution is -2.38. The van der Waals surface area contributed by atoms with E-state index in [1.54, 1.807) is 6.07 Å². The molecule has 0 bridgehead atoms. The second-order valence-corrected chi connectivity index (χ2v) is 13.7. The van der Waals surface area contributed by atoms with Gasteiger partial charge in [0.15, 0.2) is 5.82 Å². The Morgan fingerprint density at radius 3 is 2.51 bits per heavy atom. The second-order valence-electron chi connectivity index (χ2n) is 13.7. The summed E-state index contributed by atoms with van der Waals surface area (Å²) in [5.74, 6) is -3.36. The first-order valence-corrected chi connectivity index (χ1v) is 16.7. The molecule has 2 heterocycles. The Balaban J connectivity index is 1.37. The molecule has 3 aliphatic rings. The number of ether oxygens (including phenoxy) is 1. The molecule has 252 valence electrons. The summed E-state index contributed by atoms with van der Waals surface area (Å²) in [5.41, 5.74) is 8.73. The fourth-order valence-electron chi connectivity index (χ4n) is 6.93. The number of carbonyl (C=O) groups excluding carboxylic acids is 1. The summed E-state index contributed by atoms with van der Waals surface area (Å²) in [4.78, 5) is 34.8. The molecule has 0 unspecified atom stereocenters. The van der Waals surface area contributed by atoms with E-state index in [1.165, 1.54) is 17.2 Å². The monoisotopic (exact) mass is 648 g/mol. The number of aliphatic imine (C=N–C) groups is 1. The van der Waals surface area contributed by atoms with Crippen LogP contribution in [0.5, 0.6) is 5.75 Å².